The largest absolute Gasteiger partial charge is 0.497 e. The normalized spacial score (nSPS) is 11.2. The van der Waals surface area contributed by atoms with E-state index in [2.05, 4.69) is 21.0 Å². The molecule has 0 saturated carbocycles. The molecule has 0 aliphatic carbocycles. The Morgan fingerprint density at radius 1 is 0.978 bits per heavy atom. The first-order valence-corrected chi connectivity index (χ1v) is 15.7. The number of hydrogen-bond acceptors (Lipinski definition) is 9. The van der Waals surface area contributed by atoms with Crippen LogP contribution in [0.2, 0.25) is 0 Å². The molecule has 5 rings (SSSR count). The van der Waals surface area contributed by atoms with Crippen molar-refractivity contribution < 1.29 is 31.4 Å². The predicted octanol–water partition coefficient (Wildman–Crippen LogP) is 6.08. The van der Waals surface area contributed by atoms with E-state index >= 15 is 0 Å². The molecule has 0 saturated heterocycles. The molecule has 46 heavy (non-hydrogen) atoms. The Morgan fingerprint density at radius 3 is 2.46 bits per heavy atom. The molecule has 1 N–H and O–H groups in total. The van der Waals surface area contributed by atoms with Crippen molar-refractivity contribution in [1.82, 2.24) is 14.6 Å². The minimum absolute atomic E-state index is 0.0410. The summed E-state index contributed by atoms with van der Waals surface area (Å²) in [7, 11) is -0.552. The van der Waals surface area contributed by atoms with Crippen LogP contribution in [-0.2, 0) is 16.6 Å². The number of nitrogens with zero attached hydrogens (tertiary/aromatic N) is 5. The standard InChI is InChI=1S/C32H30F2N6O5S/c1-5-46(41,42)38-24-8-11-29(45-30-10-7-23(33)15-27(30)34)26(16-24)22-14-28(32-37-36-20(2)40(32)19-22)39(13-12-35)18-21-6-9-25(43-3)17-31(21)44-4/h6-11,14-17,19,38H,5,13,18H2,1-4H3. The van der Waals surface area contributed by atoms with Gasteiger partial charge in [0.2, 0.25) is 10.0 Å². The Bertz CT molecular complexity index is 2060. The number of pyridine rings is 1. The molecule has 0 spiro atoms. The fourth-order valence-electron chi connectivity index (χ4n) is 4.80. The van der Waals surface area contributed by atoms with Crippen molar-refractivity contribution in [2.24, 2.45) is 0 Å². The van der Waals surface area contributed by atoms with Crippen molar-refractivity contribution in [3.05, 3.63) is 89.9 Å². The number of halogens is 2. The van der Waals surface area contributed by atoms with Gasteiger partial charge < -0.3 is 19.1 Å². The second-order valence-corrected chi connectivity index (χ2v) is 12.2. The number of aryl methyl sites for hydroxylation is 1. The zero-order valence-electron chi connectivity index (χ0n) is 25.4. The summed E-state index contributed by atoms with van der Waals surface area (Å²) in [6.45, 7) is 3.47. The van der Waals surface area contributed by atoms with Crippen molar-refractivity contribution in [2.75, 3.05) is 36.1 Å². The van der Waals surface area contributed by atoms with Gasteiger partial charge in [-0.15, -0.1) is 10.2 Å². The molecular weight excluding hydrogens is 618 g/mol. The van der Waals surface area contributed by atoms with Crippen molar-refractivity contribution >= 4 is 27.0 Å². The van der Waals surface area contributed by atoms with Gasteiger partial charge in [0.25, 0.3) is 0 Å². The Hall–Kier alpha value is -5.42. The van der Waals surface area contributed by atoms with Crippen LogP contribution in [0.25, 0.3) is 16.8 Å². The molecule has 0 fully saturated rings. The molecule has 14 heteroatoms. The third-order valence-corrected chi connectivity index (χ3v) is 8.48. The summed E-state index contributed by atoms with van der Waals surface area (Å²) in [6.07, 6.45) is 1.73. The summed E-state index contributed by atoms with van der Waals surface area (Å²) >= 11 is 0. The molecule has 11 nitrogen and oxygen atoms in total. The lowest BCUT2D eigenvalue weighted by Crippen LogP contribution is -2.24. The first-order chi connectivity index (χ1) is 22.0. The molecule has 5 aromatic rings. The van der Waals surface area contributed by atoms with E-state index in [9.17, 15) is 22.5 Å². The molecule has 0 bridgehead atoms. The molecule has 0 unspecified atom stereocenters. The van der Waals surface area contributed by atoms with E-state index in [0.29, 0.717) is 45.9 Å². The number of rotatable bonds is 12. The Labute approximate surface area is 264 Å². The van der Waals surface area contributed by atoms with Crippen LogP contribution in [0.3, 0.4) is 0 Å². The number of ether oxygens (including phenoxy) is 3. The van der Waals surface area contributed by atoms with Crippen molar-refractivity contribution in [1.29, 1.82) is 5.26 Å². The zero-order valence-corrected chi connectivity index (χ0v) is 26.2. The lowest BCUT2D eigenvalue weighted by atomic mass is 10.0. The van der Waals surface area contributed by atoms with E-state index in [1.165, 1.54) is 19.1 Å². The van der Waals surface area contributed by atoms with Crippen LogP contribution >= 0.6 is 0 Å². The fraction of sp³-hybridized carbons (Fsp3) is 0.219. The molecule has 2 heterocycles. The van der Waals surface area contributed by atoms with Gasteiger partial charge in [0.1, 0.15) is 35.4 Å². The topological polar surface area (TPSA) is 131 Å². The predicted molar refractivity (Wildman–Crippen MR) is 169 cm³/mol. The smallest absolute Gasteiger partial charge is 0.232 e. The van der Waals surface area contributed by atoms with Gasteiger partial charge in [0.05, 0.1) is 31.7 Å². The quantitative estimate of drug-likeness (QED) is 0.160. The average Bonchev–Trinajstić information content (AvgIpc) is 3.42. The SMILES string of the molecule is CCS(=O)(=O)Nc1ccc(Oc2ccc(F)cc2F)c(-c2cc(N(CC#N)Cc3ccc(OC)cc3OC)c3nnc(C)n3c2)c1. The van der Waals surface area contributed by atoms with E-state index in [-0.39, 0.29) is 36.0 Å². The van der Waals surface area contributed by atoms with Crippen LogP contribution in [-0.4, -0.2) is 49.5 Å². The van der Waals surface area contributed by atoms with Gasteiger partial charge in [0, 0.05) is 47.3 Å². The van der Waals surface area contributed by atoms with Gasteiger partial charge >= 0.3 is 0 Å². The molecule has 0 atom stereocenters. The Morgan fingerprint density at radius 2 is 1.76 bits per heavy atom. The second-order valence-electron chi connectivity index (χ2n) is 10.1. The summed E-state index contributed by atoms with van der Waals surface area (Å²) < 4.78 is 74.3. The highest BCUT2D eigenvalue weighted by Crippen LogP contribution is 2.39. The molecule has 3 aromatic carbocycles. The third-order valence-electron chi connectivity index (χ3n) is 7.17. The monoisotopic (exact) mass is 648 g/mol. The van der Waals surface area contributed by atoms with Gasteiger partial charge in [-0.05, 0) is 62.4 Å². The summed E-state index contributed by atoms with van der Waals surface area (Å²) in [5, 5.41) is 18.4. The number of sulfonamides is 1. The van der Waals surface area contributed by atoms with Gasteiger partial charge in [-0.3, -0.25) is 9.12 Å². The number of methoxy groups -OCH3 is 2. The number of hydrogen-bond donors (Lipinski definition) is 1. The van der Waals surface area contributed by atoms with Gasteiger partial charge in [-0.25, -0.2) is 17.2 Å². The van der Waals surface area contributed by atoms with Crippen LogP contribution in [0.5, 0.6) is 23.0 Å². The number of nitriles is 1. The molecule has 0 radical (unpaired) electrons. The molecule has 2 aromatic heterocycles. The second kappa shape index (κ2) is 13.3. The Kier molecular flexibility index (Phi) is 9.24. The number of fused-ring (bicyclic) bond motifs is 1. The Balaban J connectivity index is 1.69. The third kappa shape index (κ3) is 6.79. The summed E-state index contributed by atoms with van der Waals surface area (Å²) in [5.74, 6) is -0.219. The summed E-state index contributed by atoms with van der Waals surface area (Å²) in [5.41, 5.74) is 2.86. The number of benzene rings is 3. The lowest BCUT2D eigenvalue weighted by Gasteiger charge is -2.24. The maximum absolute atomic E-state index is 14.7. The number of aromatic nitrogens is 3. The van der Waals surface area contributed by atoms with Crippen LogP contribution in [0.4, 0.5) is 20.2 Å². The van der Waals surface area contributed by atoms with Gasteiger partial charge in [-0.1, -0.05) is 0 Å². The minimum Gasteiger partial charge on any atom is -0.497 e. The first-order valence-electron chi connectivity index (χ1n) is 14.0. The molecule has 238 valence electrons. The maximum atomic E-state index is 14.7. The highest BCUT2D eigenvalue weighted by Gasteiger charge is 2.21. The van der Waals surface area contributed by atoms with Crippen molar-refractivity contribution in [2.45, 2.75) is 20.4 Å². The van der Waals surface area contributed by atoms with E-state index in [1.807, 2.05) is 6.07 Å². The summed E-state index contributed by atoms with van der Waals surface area (Å²) in [6, 6.07) is 16.8. The van der Waals surface area contributed by atoms with Gasteiger partial charge in [0.15, 0.2) is 17.2 Å². The van der Waals surface area contributed by atoms with Crippen molar-refractivity contribution in [3.63, 3.8) is 0 Å². The molecular formula is C32H30F2N6O5S. The maximum Gasteiger partial charge on any atom is 0.232 e. The van der Waals surface area contributed by atoms with E-state index < -0.39 is 21.7 Å². The van der Waals surface area contributed by atoms with Crippen LogP contribution in [0, 0.1) is 29.9 Å². The summed E-state index contributed by atoms with van der Waals surface area (Å²) in [4.78, 5) is 1.79. The fourth-order valence-corrected chi connectivity index (χ4v) is 5.43. The molecule has 0 aliphatic rings. The minimum atomic E-state index is -3.65. The lowest BCUT2D eigenvalue weighted by molar-refractivity contribution is 0.391. The van der Waals surface area contributed by atoms with E-state index in [1.54, 1.807) is 60.9 Å². The van der Waals surface area contributed by atoms with Crippen LogP contribution in [0.1, 0.15) is 18.3 Å². The first kappa shape index (κ1) is 32.0. The molecule has 0 aliphatic heterocycles. The highest BCUT2D eigenvalue weighted by molar-refractivity contribution is 7.92. The van der Waals surface area contributed by atoms with E-state index in [0.717, 1.165) is 17.7 Å². The van der Waals surface area contributed by atoms with Crippen molar-refractivity contribution in [3.8, 4) is 40.2 Å². The van der Waals surface area contributed by atoms with Gasteiger partial charge in [-0.2, -0.15) is 5.26 Å². The van der Waals surface area contributed by atoms with Crippen LogP contribution in [0.15, 0.2) is 66.9 Å². The van der Waals surface area contributed by atoms with E-state index in [4.69, 9.17) is 14.2 Å². The number of anilines is 2. The highest BCUT2D eigenvalue weighted by atomic mass is 32.2. The zero-order chi connectivity index (χ0) is 33.0. The number of nitrogens with one attached hydrogen (secondary N) is 1. The van der Waals surface area contributed by atoms with Crippen LogP contribution < -0.4 is 23.8 Å². The average molecular weight is 649 g/mol. The molecule has 0 amide bonds.